The molecule has 32 heavy (non-hydrogen) atoms. The lowest BCUT2D eigenvalue weighted by molar-refractivity contribution is -0.114. The van der Waals surface area contributed by atoms with Crippen LogP contribution < -0.4 is 20.7 Å². The van der Waals surface area contributed by atoms with Crippen LogP contribution in [0.3, 0.4) is 0 Å². The Morgan fingerprint density at radius 3 is 2.28 bits per heavy atom. The second kappa shape index (κ2) is 10.0. The van der Waals surface area contributed by atoms with Crippen LogP contribution in [-0.4, -0.2) is 25.5 Å². The quantitative estimate of drug-likeness (QED) is 0.500. The summed E-state index contributed by atoms with van der Waals surface area (Å²) in [6.45, 7) is 0.191. The van der Waals surface area contributed by atoms with Gasteiger partial charge in [0.25, 0.3) is 5.91 Å². The molecule has 1 aliphatic carbocycles. The van der Waals surface area contributed by atoms with E-state index in [4.69, 9.17) is 4.74 Å². The Hall–Kier alpha value is -3.80. The zero-order chi connectivity index (χ0) is 22.3. The number of fused-ring (bicyclic) bond motifs is 1. The highest BCUT2D eigenvalue weighted by molar-refractivity contribution is 6.04. The average molecular weight is 430 g/mol. The van der Waals surface area contributed by atoms with E-state index in [0.717, 1.165) is 24.3 Å². The van der Waals surface area contributed by atoms with E-state index in [-0.39, 0.29) is 18.4 Å². The zero-order valence-electron chi connectivity index (χ0n) is 18.1. The number of rotatable bonds is 7. The lowest BCUT2D eigenvalue weighted by Crippen LogP contribution is -2.22. The van der Waals surface area contributed by atoms with Crippen LogP contribution >= 0.6 is 0 Å². The Labute approximate surface area is 188 Å². The van der Waals surface area contributed by atoms with E-state index < -0.39 is 0 Å². The molecule has 3 N–H and O–H groups in total. The van der Waals surface area contributed by atoms with Crippen molar-refractivity contribution in [2.75, 3.05) is 29.6 Å². The number of benzene rings is 3. The summed E-state index contributed by atoms with van der Waals surface area (Å²) in [6.07, 6.45) is 4.58. The van der Waals surface area contributed by atoms with Crippen molar-refractivity contribution >= 4 is 28.9 Å². The van der Waals surface area contributed by atoms with E-state index >= 15 is 0 Å². The number of carbonyl (C=O) groups is 2. The van der Waals surface area contributed by atoms with E-state index in [0.29, 0.717) is 16.9 Å². The second-order valence-corrected chi connectivity index (χ2v) is 7.81. The molecule has 1 aliphatic rings. The molecule has 0 unspecified atom stereocenters. The molecule has 164 valence electrons. The third kappa shape index (κ3) is 5.27. The Bertz CT molecular complexity index is 1090. The molecule has 4 rings (SSSR count). The molecule has 0 spiro atoms. The fourth-order valence-electron chi connectivity index (χ4n) is 3.91. The van der Waals surface area contributed by atoms with Gasteiger partial charge >= 0.3 is 0 Å². The Morgan fingerprint density at radius 2 is 1.53 bits per heavy atom. The average Bonchev–Trinajstić information content (AvgIpc) is 2.83. The summed E-state index contributed by atoms with van der Waals surface area (Å²) >= 11 is 0. The van der Waals surface area contributed by atoms with Gasteiger partial charge in [-0.05, 0) is 91.4 Å². The van der Waals surface area contributed by atoms with Gasteiger partial charge in [-0.2, -0.15) is 0 Å². The highest BCUT2D eigenvalue weighted by Gasteiger charge is 2.13. The molecular weight excluding hydrogens is 402 g/mol. The highest BCUT2D eigenvalue weighted by Crippen LogP contribution is 2.27. The predicted octanol–water partition coefficient (Wildman–Crippen LogP) is 4.88. The van der Waals surface area contributed by atoms with Crippen LogP contribution in [-0.2, 0) is 17.6 Å². The maximum Gasteiger partial charge on any atom is 0.255 e. The lowest BCUT2D eigenvalue weighted by Gasteiger charge is -2.20. The number of hydrogen-bond acceptors (Lipinski definition) is 4. The van der Waals surface area contributed by atoms with Gasteiger partial charge < -0.3 is 20.7 Å². The van der Waals surface area contributed by atoms with Gasteiger partial charge in [-0.25, -0.2) is 0 Å². The first-order valence-electron chi connectivity index (χ1n) is 10.8. The molecule has 0 fully saturated rings. The maximum absolute atomic E-state index is 12.4. The van der Waals surface area contributed by atoms with Crippen molar-refractivity contribution in [2.45, 2.75) is 25.7 Å². The Morgan fingerprint density at radius 1 is 0.844 bits per heavy atom. The first kappa shape index (κ1) is 21.4. The summed E-state index contributed by atoms with van der Waals surface area (Å²) < 4.78 is 5.12. The summed E-state index contributed by atoms with van der Waals surface area (Å²) in [4.78, 5) is 24.8. The van der Waals surface area contributed by atoms with Crippen molar-refractivity contribution in [1.82, 2.24) is 0 Å². The monoisotopic (exact) mass is 429 g/mol. The van der Waals surface area contributed by atoms with Crippen molar-refractivity contribution in [2.24, 2.45) is 0 Å². The first-order valence-corrected chi connectivity index (χ1v) is 10.8. The van der Waals surface area contributed by atoms with Gasteiger partial charge in [-0.1, -0.05) is 12.1 Å². The second-order valence-electron chi connectivity index (χ2n) is 7.81. The lowest BCUT2D eigenvalue weighted by atomic mass is 9.90. The maximum atomic E-state index is 12.4. The molecule has 0 atom stereocenters. The number of nitrogens with one attached hydrogen (secondary N) is 3. The topological polar surface area (TPSA) is 79.5 Å². The van der Waals surface area contributed by atoms with Gasteiger partial charge in [-0.15, -0.1) is 0 Å². The predicted molar refractivity (Wildman–Crippen MR) is 128 cm³/mol. The summed E-state index contributed by atoms with van der Waals surface area (Å²) in [5.41, 5.74) is 5.59. The van der Waals surface area contributed by atoms with E-state index in [9.17, 15) is 9.59 Å². The van der Waals surface area contributed by atoms with Crippen molar-refractivity contribution in [1.29, 1.82) is 0 Å². The molecule has 3 aromatic rings. The van der Waals surface area contributed by atoms with Crippen molar-refractivity contribution < 1.29 is 14.3 Å². The molecule has 3 aromatic carbocycles. The molecule has 0 aliphatic heterocycles. The first-order chi connectivity index (χ1) is 15.6. The van der Waals surface area contributed by atoms with E-state index in [1.165, 1.54) is 24.0 Å². The summed E-state index contributed by atoms with van der Waals surface area (Å²) in [5, 5.41) is 8.99. The minimum Gasteiger partial charge on any atom is -0.497 e. The molecule has 0 radical (unpaired) electrons. The summed E-state index contributed by atoms with van der Waals surface area (Å²) in [5.74, 6) is 0.377. The van der Waals surface area contributed by atoms with Gasteiger partial charge in [0.15, 0.2) is 0 Å². The van der Waals surface area contributed by atoms with Gasteiger partial charge in [0.2, 0.25) is 5.91 Å². The summed E-state index contributed by atoms with van der Waals surface area (Å²) in [6, 6.07) is 20.2. The molecule has 0 saturated carbocycles. The number of anilines is 3. The molecule has 0 saturated heterocycles. The zero-order valence-corrected chi connectivity index (χ0v) is 18.1. The van der Waals surface area contributed by atoms with Crippen LogP contribution in [0.2, 0.25) is 0 Å². The van der Waals surface area contributed by atoms with Crippen LogP contribution in [0, 0.1) is 0 Å². The fraction of sp³-hybridized carbons (Fsp3) is 0.231. The number of hydrogen-bond donors (Lipinski definition) is 3. The van der Waals surface area contributed by atoms with Crippen LogP contribution in [0.1, 0.15) is 34.3 Å². The molecule has 0 bridgehead atoms. The van der Waals surface area contributed by atoms with Gasteiger partial charge in [0.05, 0.1) is 13.7 Å². The van der Waals surface area contributed by atoms with E-state index in [1.54, 1.807) is 55.6 Å². The SMILES string of the molecule is COc1ccc(NC(=O)c2ccc(NC(=O)CNc3cccc4c3CCCC4)cc2)cc1. The van der Waals surface area contributed by atoms with Gasteiger partial charge in [-0.3, -0.25) is 9.59 Å². The molecule has 0 heterocycles. The number of ether oxygens (including phenoxy) is 1. The summed E-state index contributed by atoms with van der Waals surface area (Å²) in [7, 11) is 1.60. The van der Waals surface area contributed by atoms with E-state index in [2.05, 4.69) is 22.0 Å². The normalized spacial score (nSPS) is 12.4. The van der Waals surface area contributed by atoms with Crippen molar-refractivity contribution in [3.8, 4) is 5.75 Å². The molecule has 6 nitrogen and oxygen atoms in total. The van der Waals surface area contributed by atoms with Crippen LogP contribution in [0.15, 0.2) is 66.7 Å². The Balaban J connectivity index is 1.30. The molecular formula is C26H27N3O3. The van der Waals surface area contributed by atoms with E-state index in [1.807, 2.05) is 12.1 Å². The largest absolute Gasteiger partial charge is 0.497 e. The third-order valence-electron chi connectivity index (χ3n) is 5.61. The number of carbonyl (C=O) groups excluding carboxylic acids is 2. The third-order valence-corrected chi connectivity index (χ3v) is 5.61. The van der Waals surface area contributed by atoms with Crippen molar-refractivity contribution in [3.05, 3.63) is 83.4 Å². The molecule has 0 aromatic heterocycles. The van der Waals surface area contributed by atoms with Crippen LogP contribution in [0.5, 0.6) is 5.75 Å². The minimum atomic E-state index is -0.219. The van der Waals surface area contributed by atoms with Gasteiger partial charge in [0, 0.05) is 22.6 Å². The fourth-order valence-corrected chi connectivity index (χ4v) is 3.91. The van der Waals surface area contributed by atoms with Gasteiger partial charge in [0.1, 0.15) is 5.75 Å². The highest BCUT2D eigenvalue weighted by atomic mass is 16.5. The molecule has 6 heteroatoms. The number of amides is 2. The standard InChI is InChI=1S/C26H27N3O3/c1-32-22-15-13-21(14-16-22)29-26(31)19-9-11-20(12-10-19)28-25(30)17-27-24-8-4-6-18-5-2-3-7-23(18)24/h4,6,8-16,27H,2-3,5,7,17H2,1H3,(H,28,30)(H,29,31). The van der Waals surface area contributed by atoms with Crippen molar-refractivity contribution in [3.63, 3.8) is 0 Å². The van der Waals surface area contributed by atoms with Crippen LogP contribution in [0.4, 0.5) is 17.1 Å². The smallest absolute Gasteiger partial charge is 0.255 e. The van der Waals surface area contributed by atoms with Crippen LogP contribution in [0.25, 0.3) is 0 Å². The molecule has 2 amide bonds. The number of methoxy groups -OCH3 is 1. The number of aryl methyl sites for hydroxylation is 1. The Kier molecular flexibility index (Phi) is 6.70. The minimum absolute atomic E-state index is 0.131.